The molecule has 0 aromatic carbocycles. The lowest BCUT2D eigenvalue weighted by atomic mass is 9.95. The van der Waals surface area contributed by atoms with Crippen molar-refractivity contribution in [3.8, 4) is 0 Å². The lowest BCUT2D eigenvalue weighted by Crippen LogP contribution is -2.32. The number of thiophene rings is 1. The highest BCUT2D eigenvalue weighted by molar-refractivity contribution is 9.10. The van der Waals surface area contributed by atoms with Gasteiger partial charge in [0.05, 0.1) is 18.6 Å². The van der Waals surface area contributed by atoms with Crippen LogP contribution in [0.3, 0.4) is 0 Å². The van der Waals surface area contributed by atoms with Crippen molar-refractivity contribution in [1.82, 2.24) is 5.32 Å². The third-order valence-electron chi connectivity index (χ3n) is 3.09. The van der Waals surface area contributed by atoms with Gasteiger partial charge in [-0.1, -0.05) is 0 Å². The maximum absolute atomic E-state index is 11.8. The third kappa shape index (κ3) is 1.92. The molecule has 1 atom stereocenters. The van der Waals surface area contributed by atoms with E-state index >= 15 is 0 Å². The minimum Gasteiger partial charge on any atom is -0.469 e. The molecule has 1 heterocycles. The van der Waals surface area contributed by atoms with Gasteiger partial charge < -0.3 is 10.1 Å². The minimum atomic E-state index is -0.339. The molecule has 1 N–H and O–H groups in total. The minimum absolute atomic E-state index is 0.0660. The lowest BCUT2D eigenvalue weighted by molar-refractivity contribution is -0.148. The molecule has 0 spiro atoms. The molecule has 1 aromatic rings. The number of carbonyl (C=O) groups is 1. The van der Waals surface area contributed by atoms with E-state index in [4.69, 9.17) is 4.74 Å². The fraction of sp³-hybridized carbons (Fsp3) is 0.545. The number of esters is 1. The van der Waals surface area contributed by atoms with Crippen LogP contribution in [0, 0.1) is 5.41 Å². The van der Waals surface area contributed by atoms with Crippen LogP contribution >= 0.6 is 27.3 Å². The summed E-state index contributed by atoms with van der Waals surface area (Å²) in [5.41, 5.74) is -0.339. The van der Waals surface area contributed by atoms with Crippen LogP contribution in [0.1, 0.15) is 23.8 Å². The second-order valence-electron chi connectivity index (χ2n) is 4.04. The van der Waals surface area contributed by atoms with Crippen LogP contribution in [0.2, 0.25) is 0 Å². The Balaban J connectivity index is 2.26. The molecule has 1 fully saturated rings. The Hall–Kier alpha value is -0.390. The zero-order chi connectivity index (χ0) is 11.8. The van der Waals surface area contributed by atoms with Crippen LogP contribution in [0.4, 0.5) is 0 Å². The van der Waals surface area contributed by atoms with Crippen molar-refractivity contribution < 1.29 is 9.53 Å². The Labute approximate surface area is 107 Å². The Morgan fingerprint density at radius 2 is 2.38 bits per heavy atom. The highest BCUT2D eigenvalue weighted by atomic mass is 79.9. The summed E-state index contributed by atoms with van der Waals surface area (Å²) >= 11 is 5.10. The number of methoxy groups -OCH3 is 1. The average Bonchev–Trinajstić information content (AvgIpc) is 2.97. The molecule has 0 aliphatic heterocycles. The molecule has 0 amide bonds. The predicted molar refractivity (Wildman–Crippen MR) is 67.5 cm³/mol. The van der Waals surface area contributed by atoms with Gasteiger partial charge >= 0.3 is 5.97 Å². The fourth-order valence-electron chi connectivity index (χ4n) is 2.12. The summed E-state index contributed by atoms with van der Waals surface area (Å²) in [5, 5.41) is 5.27. The summed E-state index contributed by atoms with van der Waals surface area (Å²) in [5.74, 6) is -0.101. The van der Waals surface area contributed by atoms with E-state index in [1.165, 1.54) is 12.0 Å². The Morgan fingerprint density at radius 3 is 2.75 bits per heavy atom. The van der Waals surface area contributed by atoms with Crippen molar-refractivity contribution in [3.63, 3.8) is 0 Å². The largest absolute Gasteiger partial charge is 0.469 e. The second-order valence-corrected chi connectivity index (χ2v) is 5.90. The molecule has 1 aliphatic rings. The van der Waals surface area contributed by atoms with Crippen molar-refractivity contribution >= 4 is 33.2 Å². The van der Waals surface area contributed by atoms with Gasteiger partial charge in [0.2, 0.25) is 0 Å². The van der Waals surface area contributed by atoms with E-state index in [-0.39, 0.29) is 17.4 Å². The van der Waals surface area contributed by atoms with Gasteiger partial charge in [-0.25, -0.2) is 0 Å². The monoisotopic (exact) mass is 303 g/mol. The average molecular weight is 304 g/mol. The van der Waals surface area contributed by atoms with E-state index in [1.807, 2.05) is 12.4 Å². The summed E-state index contributed by atoms with van der Waals surface area (Å²) in [6.45, 7) is 0. The van der Waals surface area contributed by atoms with E-state index in [0.717, 1.165) is 17.3 Å². The first-order valence-corrected chi connectivity index (χ1v) is 6.81. The van der Waals surface area contributed by atoms with Crippen molar-refractivity contribution in [2.75, 3.05) is 14.2 Å². The Bertz CT molecular complexity index is 400. The zero-order valence-corrected chi connectivity index (χ0v) is 11.7. The van der Waals surface area contributed by atoms with E-state index in [1.54, 1.807) is 11.3 Å². The molecular weight excluding hydrogens is 290 g/mol. The van der Waals surface area contributed by atoms with Gasteiger partial charge in [-0.2, -0.15) is 0 Å². The van der Waals surface area contributed by atoms with Gasteiger partial charge in [0, 0.05) is 14.7 Å². The predicted octanol–water partition coefficient (Wildman–Crippen LogP) is 2.72. The van der Waals surface area contributed by atoms with Crippen LogP contribution in [-0.4, -0.2) is 20.1 Å². The standard InChI is InChI=1S/C11H14BrNO2S/c1-13-9(8-5-7(12)6-16-8)11(3-4-11)10(14)15-2/h5-6,9,13H,3-4H2,1-2H3. The molecule has 2 rings (SSSR count). The molecule has 1 aliphatic carbocycles. The number of rotatable bonds is 4. The van der Waals surface area contributed by atoms with Gasteiger partial charge in [-0.15, -0.1) is 11.3 Å². The zero-order valence-electron chi connectivity index (χ0n) is 9.25. The summed E-state index contributed by atoms with van der Waals surface area (Å²) < 4.78 is 5.97. The smallest absolute Gasteiger partial charge is 0.313 e. The first-order chi connectivity index (χ1) is 7.64. The first-order valence-electron chi connectivity index (χ1n) is 5.13. The van der Waals surface area contributed by atoms with Gasteiger partial charge in [-0.3, -0.25) is 4.79 Å². The molecule has 1 saturated carbocycles. The van der Waals surface area contributed by atoms with Crippen LogP contribution < -0.4 is 5.32 Å². The Morgan fingerprint density at radius 1 is 1.69 bits per heavy atom. The maximum atomic E-state index is 11.8. The first kappa shape index (κ1) is 12.1. The molecule has 1 unspecified atom stereocenters. The van der Waals surface area contributed by atoms with E-state index in [0.29, 0.717) is 0 Å². The summed E-state index contributed by atoms with van der Waals surface area (Å²) in [7, 11) is 3.35. The number of hydrogen-bond donors (Lipinski definition) is 1. The number of hydrogen-bond acceptors (Lipinski definition) is 4. The van der Waals surface area contributed by atoms with Gasteiger partial charge in [0.25, 0.3) is 0 Å². The molecule has 88 valence electrons. The molecule has 0 bridgehead atoms. The molecule has 16 heavy (non-hydrogen) atoms. The van der Waals surface area contributed by atoms with E-state index < -0.39 is 0 Å². The van der Waals surface area contributed by atoms with Crippen LogP contribution in [0.15, 0.2) is 15.9 Å². The number of halogens is 1. The maximum Gasteiger partial charge on any atom is 0.313 e. The van der Waals surface area contributed by atoms with Crippen molar-refractivity contribution in [2.45, 2.75) is 18.9 Å². The van der Waals surface area contributed by atoms with Gasteiger partial charge in [0.15, 0.2) is 0 Å². The van der Waals surface area contributed by atoms with Gasteiger partial charge in [0.1, 0.15) is 0 Å². The van der Waals surface area contributed by atoms with Crippen molar-refractivity contribution in [2.24, 2.45) is 5.41 Å². The van der Waals surface area contributed by atoms with Crippen LogP contribution in [-0.2, 0) is 9.53 Å². The molecule has 3 nitrogen and oxygen atoms in total. The summed E-state index contributed by atoms with van der Waals surface area (Å²) in [6.07, 6.45) is 1.81. The third-order valence-corrected chi connectivity index (χ3v) is 4.85. The second kappa shape index (κ2) is 4.47. The van der Waals surface area contributed by atoms with Crippen molar-refractivity contribution in [3.05, 3.63) is 20.8 Å². The summed E-state index contributed by atoms with van der Waals surface area (Å²) in [4.78, 5) is 13.0. The van der Waals surface area contributed by atoms with E-state index in [2.05, 4.69) is 27.3 Å². The fourth-order valence-corrected chi connectivity index (χ4v) is 3.79. The SMILES string of the molecule is CNC(c1cc(Br)cs1)C1(C(=O)OC)CC1. The molecule has 1 aromatic heterocycles. The number of carbonyl (C=O) groups excluding carboxylic acids is 1. The molecule has 5 heteroatoms. The lowest BCUT2D eigenvalue weighted by Gasteiger charge is -2.23. The molecule has 0 radical (unpaired) electrons. The topological polar surface area (TPSA) is 38.3 Å². The van der Waals surface area contributed by atoms with Crippen LogP contribution in [0.5, 0.6) is 0 Å². The highest BCUT2D eigenvalue weighted by Gasteiger charge is 2.57. The normalized spacial score (nSPS) is 19.2. The quantitative estimate of drug-likeness (QED) is 0.869. The molecule has 0 saturated heterocycles. The number of ether oxygens (including phenoxy) is 1. The van der Waals surface area contributed by atoms with Crippen LogP contribution in [0.25, 0.3) is 0 Å². The highest BCUT2D eigenvalue weighted by Crippen LogP contribution is 2.56. The number of nitrogens with one attached hydrogen (secondary N) is 1. The Kier molecular flexibility index (Phi) is 3.37. The van der Waals surface area contributed by atoms with Crippen molar-refractivity contribution in [1.29, 1.82) is 0 Å². The molecular formula is C11H14BrNO2S. The van der Waals surface area contributed by atoms with E-state index in [9.17, 15) is 4.79 Å². The summed E-state index contributed by atoms with van der Waals surface area (Å²) in [6, 6.07) is 2.13. The van der Waals surface area contributed by atoms with Gasteiger partial charge in [-0.05, 0) is 41.9 Å².